The largest absolute Gasteiger partial charge is 0.371 e. The quantitative estimate of drug-likeness (QED) is 0.516. The van der Waals surface area contributed by atoms with Crippen molar-refractivity contribution in [2.24, 2.45) is 11.8 Å². The van der Waals surface area contributed by atoms with E-state index in [1.54, 1.807) is 0 Å². The van der Waals surface area contributed by atoms with Gasteiger partial charge in [0, 0.05) is 0 Å². The van der Waals surface area contributed by atoms with Gasteiger partial charge in [0.05, 0.1) is 30.0 Å². The summed E-state index contributed by atoms with van der Waals surface area (Å²) in [7, 11) is 0. The van der Waals surface area contributed by atoms with Crippen LogP contribution < -0.4 is 0 Å². The molecule has 3 rings (SSSR count). The van der Waals surface area contributed by atoms with E-state index in [0.29, 0.717) is 0 Å². The van der Waals surface area contributed by atoms with Crippen LogP contribution >= 0.6 is 0 Å². The summed E-state index contributed by atoms with van der Waals surface area (Å²) in [6.45, 7) is 1.98. The normalized spacial score (nSPS) is 53.2. The summed E-state index contributed by atoms with van der Waals surface area (Å²) in [6.07, 6.45) is 2.10. The number of ether oxygens (including phenoxy) is 1. The molecule has 3 nitrogen and oxygen atoms in total. The van der Waals surface area contributed by atoms with Crippen molar-refractivity contribution in [2.75, 3.05) is 0 Å². The van der Waals surface area contributed by atoms with E-state index < -0.39 is 0 Å². The van der Waals surface area contributed by atoms with Crippen LogP contribution in [-0.4, -0.2) is 23.3 Å². The van der Waals surface area contributed by atoms with Gasteiger partial charge >= 0.3 is 0 Å². The minimum atomic E-state index is -0.307. The molecule has 3 aliphatic rings. The third-order valence-corrected chi connectivity index (χ3v) is 3.83. The molecule has 0 amide bonds. The van der Waals surface area contributed by atoms with Gasteiger partial charge in [0.15, 0.2) is 0 Å². The van der Waals surface area contributed by atoms with Crippen LogP contribution in [0.2, 0.25) is 0 Å². The lowest BCUT2D eigenvalue weighted by atomic mass is 9.74. The molecule has 2 bridgehead atoms. The molecule has 0 radical (unpaired) electrons. The summed E-state index contributed by atoms with van der Waals surface area (Å²) in [5.74, 6) is 0.0214. The number of fused-ring (bicyclic) bond motifs is 5. The van der Waals surface area contributed by atoms with Gasteiger partial charge < -0.3 is 4.74 Å². The van der Waals surface area contributed by atoms with Gasteiger partial charge in [-0.2, -0.15) is 0 Å². The summed E-state index contributed by atoms with van der Waals surface area (Å²) in [5, 5.41) is 0. The van der Waals surface area contributed by atoms with Crippen molar-refractivity contribution in [3.63, 3.8) is 0 Å². The molecule has 2 heterocycles. The lowest BCUT2D eigenvalue weighted by Gasteiger charge is -2.26. The number of rotatable bonds is 0. The van der Waals surface area contributed by atoms with Gasteiger partial charge in [-0.1, -0.05) is 0 Å². The molecule has 4 unspecified atom stereocenters. The predicted octanol–water partition coefficient (Wildman–Crippen LogP) is 0.712. The maximum Gasteiger partial charge on any atom is 0.147 e. The maximum atomic E-state index is 11.6. The highest BCUT2D eigenvalue weighted by atomic mass is 16.5. The molecule has 2 aliphatic heterocycles. The monoisotopic (exact) mass is 180 g/mol. The molecule has 0 aromatic rings. The molecule has 1 saturated carbocycles. The molecule has 13 heavy (non-hydrogen) atoms. The Kier molecular flexibility index (Phi) is 1.20. The van der Waals surface area contributed by atoms with Crippen LogP contribution in [0.1, 0.15) is 26.2 Å². The summed E-state index contributed by atoms with van der Waals surface area (Å²) in [6, 6.07) is 0. The number of Topliss-reactive ketones (excluding diaryl/α,β-unsaturated/α-hetero) is 2. The average molecular weight is 180 g/mol. The molecule has 0 aromatic carbocycles. The fourth-order valence-electron chi connectivity index (χ4n) is 3.30. The first-order valence-corrected chi connectivity index (χ1v) is 4.85. The molecule has 0 N–H and O–H groups in total. The van der Waals surface area contributed by atoms with E-state index in [9.17, 15) is 9.59 Å². The van der Waals surface area contributed by atoms with Crippen LogP contribution in [0.4, 0.5) is 0 Å². The molecule has 1 aliphatic carbocycles. The number of carbonyl (C=O) groups excluding carboxylic acids is 2. The van der Waals surface area contributed by atoms with Crippen molar-refractivity contribution < 1.29 is 14.3 Å². The lowest BCUT2D eigenvalue weighted by molar-refractivity contribution is -0.127. The molecule has 3 heteroatoms. The van der Waals surface area contributed by atoms with Crippen molar-refractivity contribution >= 4 is 11.6 Å². The third kappa shape index (κ3) is 0.742. The second-order valence-corrected chi connectivity index (χ2v) is 4.62. The first-order valence-electron chi connectivity index (χ1n) is 4.85. The van der Waals surface area contributed by atoms with Crippen LogP contribution in [0.15, 0.2) is 0 Å². The second kappa shape index (κ2) is 2.03. The standard InChI is InChI=1S/C10H12O3/c1-10-3-2-7(13-10)8-5(11)4-6(12)9(8)10/h7-9H,2-4H2,1H3. The number of ketones is 2. The van der Waals surface area contributed by atoms with E-state index in [1.807, 2.05) is 6.92 Å². The highest BCUT2D eigenvalue weighted by molar-refractivity contribution is 6.10. The Morgan fingerprint density at radius 3 is 2.85 bits per heavy atom. The van der Waals surface area contributed by atoms with Crippen molar-refractivity contribution in [1.29, 1.82) is 0 Å². The van der Waals surface area contributed by atoms with E-state index >= 15 is 0 Å². The smallest absolute Gasteiger partial charge is 0.147 e. The minimum absolute atomic E-state index is 0.0500. The molecule has 0 spiro atoms. The minimum Gasteiger partial charge on any atom is -0.371 e. The topological polar surface area (TPSA) is 43.4 Å². The highest BCUT2D eigenvalue weighted by Gasteiger charge is 2.64. The van der Waals surface area contributed by atoms with Crippen LogP contribution in [0.5, 0.6) is 0 Å². The van der Waals surface area contributed by atoms with Crippen LogP contribution in [0.3, 0.4) is 0 Å². The summed E-state index contributed by atoms with van der Waals surface area (Å²) in [5.41, 5.74) is -0.307. The fraction of sp³-hybridized carbons (Fsp3) is 0.800. The Balaban J connectivity index is 2.08. The fourth-order valence-corrected chi connectivity index (χ4v) is 3.30. The van der Waals surface area contributed by atoms with Gasteiger partial charge in [-0.15, -0.1) is 0 Å². The van der Waals surface area contributed by atoms with Crippen molar-refractivity contribution in [1.82, 2.24) is 0 Å². The van der Waals surface area contributed by atoms with Crippen molar-refractivity contribution in [3.8, 4) is 0 Å². The van der Waals surface area contributed by atoms with Gasteiger partial charge in [-0.3, -0.25) is 9.59 Å². The van der Waals surface area contributed by atoms with Gasteiger partial charge in [0.1, 0.15) is 11.6 Å². The van der Waals surface area contributed by atoms with Crippen LogP contribution in [0.25, 0.3) is 0 Å². The first-order chi connectivity index (χ1) is 6.12. The van der Waals surface area contributed by atoms with Gasteiger partial charge in [0.2, 0.25) is 0 Å². The van der Waals surface area contributed by atoms with Gasteiger partial charge in [-0.25, -0.2) is 0 Å². The van der Waals surface area contributed by atoms with Gasteiger partial charge in [0.25, 0.3) is 0 Å². The zero-order valence-electron chi connectivity index (χ0n) is 7.58. The second-order valence-electron chi connectivity index (χ2n) is 4.62. The number of hydrogen-bond acceptors (Lipinski definition) is 3. The first kappa shape index (κ1) is 7.68. The Hall–Kier alpha value is -0.700. The SMILES string of the molecule is CC12CCC(O1)C1C(=O)CC(=O)C12. The Morgan fingerprint density at radius 2 is 2.15 bits per heavy atom. The van der Waals surface area contributed by atoms with E-state index in [-0.39, 0.29) is 41.5 Å². The zero-order valence-corrected chi connectivity index (χ0v) is 7.58. The van der Waals surface area contributed by atoms with Crippen LogP contribution in [-0.2, 0) is 14.3 Å². The van der Waals surface area contributed by atoms with E-state index in [1.165, 1.54) is 0 Å². The van der Waals surface area contributed by atoms with E-state index in [2.05, 4.69) is 0 Å². The molecule has 2 saturated heterocycles. The van der Waals surface area contributed by atoms with Gasteiger partial charge in [-0.05, 0) is 19.8 Å². The molecular formula is C10H12O3. The highest BCUT2D eigenvalue weighted by Crippen LogP contribution is 2.54. The lowest BCUT2D eigenvalue weighted by Crippen LogP contribution is -2.37. The van der Waals surface area contributed by atoms with Crippen molar-refractivity contribution in [2.45, 2.75) is 37.9 Å². The number of hydrogen-bond donors (Lipinski definition) is 0. The number of carbonyl (C=O) groups is 2. The summed E-state index contributed by atoms with van der Waals surface area (Å²) in [4.78, 5) is 23.1. The van der Waals surface area contributed by atoms with E-state index in [4.69, 9.17) is 4.74 Å². The molecule has 0 aromatic heterocycles. The maximum absolute atomic E-state index is 11.6. The van der Waals surface area contributed by atoms with Crippen LogP contribution in [0, 0.1) is 11.8 Å². The Bertz CT molecular complexity index is 309. The zero-order chi connectivity index (χ0) is 9.22. The summed E-state index contributed by atoms with van der Waals surface area (Å²) < 4.78 is 5.73. The molecule has 3 fully saturated rings. The van der Waals surface area contributed by atoms with Crippen molar-refractivity contribution in [3.05, 3.63) is 0 Å². The molecule has 4 atom stereocenters. The summed E-state index contributed by atoms with van der Waals surface area (Å²) >= 11 is 0. The molecule has 70 valence electrons. The Labute approximate surface area is 76.4 Å². The van der Waals surface area contributed by atoms with E-state index in [0.717, 1.165) is 12.8 Å². The Morgan fingerprint density at radius 1 is 1.38 bits per heavy atom. The molecular weight excluding hydrogens is 168 g/mol. The average Bonchev–Trinajstić information content (AvgIpc) is 2.62. The predicted molar refractivity (Wildman–Crippen MR) is 44.1 cm³/mol. The third-order valence-electron chi connectivity index (χ3n) is 3.83.